The number of carbonyl (C=O) groups excluding carboxylic acids is 1. The van der Waals surface area contributed by atoms with Gasteiger partial charge in [-0.05, 0) is 6.07 Å². The minimum atomic E-state index is -4.51. The third-order valence-corrected chi connectivity index (χ3v) is 10.0. The summed E-state index contributed by atoms with van der Waals surface area (Å²) in [5, 5.41) is 3.65. The van der Waals surface area contributed by atoms with Gasteiger partial charge in [0.2, 0.25) is 0 Å². The number of halogens is 3. The Balaban J connectivity index is 1.29. The van der Waals surface area contributed by atoms with E-state index in [4.69, 9.17) is 4.98 Å². The van der Waals surface area contributed by atoms with Gasteiger partial charge in [0.05, 0.1) is 5.56 Å². The Labute approximate surface area is 246 Å². The van der Waals surface area contributed by atoms with E-state index >= 15 is 0 Å². The van der Waals surface area contributed by atoms with Gasteiger partial charge in [-0.25, -0.2) is 0 Å². The Morgan fingerprint density at radius 2 is 1.68 bits per heavy atom. The van der Waals surface area contributed by atoms with E-state index in [9.17, 15) is 18.0 Å². The van der Waals surface area contributed by atoms with Crippen LogP contribution in [0, 0.1) is 6.92 Å². The number of rotatable bonds is 7. The molecule has 3 aromatic carbocycles. The first-order chi connectivity index (χ1) is 19.6. The number of amides is 1. The quantitative estimate of drug-likeness (QED) is 0.207. The summed E-state index contributed by atoms with van der Waals surface area (Å²) in [6, 6.07) is 22.1. The molecule has 0 saturated heterocycles. The average Bonchev–Trinajstić information content (AvgIpc) is 2.95. The molecule has 0 aliphatic carbocycles. The van der Waals surface area contributed by atoms with Crippen molar-refractivity contribution in [1.82, 2.24) is 15.0 Å². The van der Waals surface area contributed by atoms with Gasteiger partial charge >= 0.3 is 217 Å². The summed E-state index contributed by atoms with van der Waals surface area (Å²) in [7, 11) is 0. The molecule has 0 aliphatic rings. The van der Waals surface area contributed by atoms with Gasteiger partial charge in [-0.3, -0.25) is 0 Å². The van der Waals surface area contributed by atoms with Crippen LogP contribution in [0.15, 0.2) is 95.0 Å². The number of hydrogen-bond donors (Lipinski definition) is 1. The molecule has 0 unspecified atom stereocenters. The van der Waals surface area contributed by atoms with Crippen molar-refractivity contribution in [2.45, 2.75) is 42.7 Å². The zero-order chi connectivity index (χ0) is 29.1. The molecule has 0 spiro atoms. The van der Waals surface area contributed by atoms with Crippen molar-refractivity contribution in [1.29, 1.82) is 0 Å². The SMILES string of the molecule is Cc1ccc(Sc2ccc(NC(=O)c3cccc(C(F)(F)F)c3)cc2)cc1[As]c1ncnc2nc(C(C)C)ccc12. The van der Waals surface area contributed by atoms with Crippen molar-refractivity contribution in [3.63, 3.8) is 0 Å². The number of anilines is 1. The van der Waals surface area contributed by atoms with Crippen molar-refractivity contribution in [3.05, 3.63) is 108 Å². The number of fused-ring (bicyclic) bond motifs is 1. The summed E-state index contributed by atoms with van der Waals surface area (Å²) < 4.78 is 41.2. The first kappa shape index (κ1) is 28.8. The molecule has 5 nitrogen and oxygen atoms in total. The van der Waals surface area contributed by atoms with Crippen molar-refractivity contribution in [2.24, 2.45) is 0 Å². The van der Waals surface area contributed by atoms with Gasteiger partial charge in [-0.15, -0.1) is 0 Å². The zero-order valence-corrected chi connectivity index (χ0v) is 25.1. The molecule has 0 bridgehead atoms. The fourth-order valence-electron chi connectivity index (χ4n) is 4.02. The molecule has 0 aliphatic heterocycles. The van der Waals surface area contributed by atoms with Crippen LogP contribution in [0.1, 0.15) is 46.9 Å². The number of benzene rings is 3. The van der Waals surface area contributed by atoms with Crippen LogP contribution in [0.25, 0.3) is 11.0 Å². The number of nitrogens with zero attached hydrogens (tertiary/aromatic N) is 3. The van der Waals surface area contributed by atoms with Crippen molar-refractivity contribution in [2.75, 3.05) is 5.32 Å². The number of nitrogens with one attached hydrogen (secondary N) is 1. The fourth-order valence-corrected chi connectivity index (χ4v) is 7.35. The summed E-state index contributed by atoms with van der Waals surface area (Å²) in [6.45, 7) is 6.32. The third-order valence-electron chi connectivity index (χ3n) is 6.30. The van der Waals surface area contributed by atoms with Crippen LogP contribution in [0.4, 0.5) is 18.9 Å². The summed E-state index contributed by atoms with van der Waals surface area (Å²) >= 11 is 1.19. The van der Waals surface area contributed by atoms with E-state index in [1.165, 1.54) is 22.0 Å². The van der Waals surface area contributed by atoms with Gasteiger partial charge < -0.3 is 0 Å². The molecule has 10 heteroatoms. The van der Waals surface area contributed by atoms with Gasteiger partial charge in [-0.2, -0.15) is 13.2 Å². The molecule has 0 fully saturated rings. The number of aryl methyl sites for hydroxylation is 1. The summed E-state index contributed by atoms with van der Waals surface area (Å²) in [6.07, 6.45) is -2.92. The molecule has 1 N–H and O–H groups in total. The van der Waals surface area contributed by atoms with E-state index in [-0.39, 0.29) is 5.56 Å². The van der Waals surface area contributed by atoms with E-state index in [1.54, 1.807) is 30.2 Å². The second-order valence-corrected chi connectivity index (χ2v) is 13.2. The second-order valence-electron chi connectivity index (χ2n) is 9.68. The van der Waals surface area contributed by atoms with E-state index in [0.717, 1.165) is 43.1 Å². The first-order valence-corrected chi connectivity index (χ1v) is 15.5. The second kappa shape index (κ2) is 12.0. The number of alkyl halides is 3. The maximum absolute atomic E-state index is 13.0. The molecule has 2 heterocycles. The summed E-state index contributed by atoms with van der Waals surface area (Å²) in [5.74, 6) is -0.279. The molecule has 0 saturated carbocycles. The molecular weight excluding hydrogens is 608 g/mol. The van der Waals surface area contributed by atoms with E-state index in [1.807, 2.05) is 18.2 Å². The number of hydrogen-bond acceptors (Lipinski definition) is 5. The minimum absolute atomic E-state index is 0.0547. The van der Waals surface area contributed by atoms with Gasteiger partial charge in [0, 0.05) is 0 Å². The average molecular weight is 634 g/mol. The zero-order valence-electron chi connectivity index (χ0n) is 22.4. The number of aromatic nitrogens is 3. The van der Waals surface area contributed by atoms with Gasteiger partial charge in [0.15, 0.2) is 0 Å². The number of pyridine rings is 1. The number of carbonyl (C=O) groups is 1. The topological polar surface area (TPSA) is 67.8 Å². The van der Waals surface area contributed by atoms with Crippen LogP contribution in [-0.4, -0.2) is 36.6 Å². The van der Waals surface area contributed by atoms with Crippen molar-refractivity contribution < 1.29 is 18.0 Å². The Morgan fingerprint density at radius 1 is 0.927 bits per heavy atom. The standard InChI is InChI=1S/C31H25AsF3N4OS/c1-18(2)27-14-13-25-28(36-17-37-29(25)39-27)32-26-16-24(10-7-19(26)3)41-23-11-8-22(9-12-23)38-30(40)20-5-4-6-21(15-20)31(33,34)35/h4-18H,1-3H3,(H,38,40). The molecule has 1 radical (unpaired) electrons. The van der Waals surface area contributed by atoms with Crippen molar-refractivity contribution in [3.8, 4) is 0 Å². The third kappa shape index (κ3) is 6.97. The molecule has 2 aromatic heterocycles. The van der Waals surface area contributed by atoms with E-state index in [0.29, 0.717) is 11.6 Å². The Hall–Kier alpha value is -3.68. The van der Waals surface area contributed by atoms with Gasteiger partial charge in [0.25, 0.3) is 0 Å². The van der Waals surface area contributed by atoms with Crippen LogP contribution in [0.5, 0.6) is 0 Å². The fraction of sp³-hybridized carbons (Fsp3) is 0.161. The molecule has 207 valence electrons. The molecule has 41 heavy (non-hydrogen) atoms. The molecule has 5 aromatic rings. The Bertz CT molecular complexity index is 1730. The van der Waals surface area contributed by atoms with Gasteiger partial charge in [-0.1, -0.05) is 6.07 Å². The van der Waals surface area contributed by atoms with Gasteiger partial charge in [0.1, 0.15) is 0 Å². The predicted octanol–water partition coefficient (Wildman–Crippen LogP) is 6.53. The van der Waals surface area contributed by atoms with Crippen LogP contribution < -0.4 is 14.1 Å². The van der Waals surface area contributed by atoms with Crippen LogP contribution >= 0.6 is 11.8 Å². The van der Waals surface area contributed by atoms with E-state index in [2.05, 4.69) is 60.3 Å². The molecule has 5 rings (SSSR count). The van der Waals surface area contributed by atoms with Crippen LogP contribution in [0.3, 0.4) is 0 Å². The molecule has 0 atom stereocenters. The predicted molar refractivity (Wildman–Crippen MR) is 158 cm³/mol. The first-order valence-electron chi connectivity index (χ1n) is 12.8. The molecule has 1 amide bonds. The van der Waals surface area contributed by atoms with Crippen LogP contribution in [0.2, 0.25) is 0 Å². The monoisotopic (exact) mass is 633 g/mol. The van der Waals surface area contributed by atoms with Crippen LogP contribution in [-0.2, 0) is 6.18 Å². The summed E-state index contributed by atoms with van der Waals surface area (Å²) in [5.41, 5.74) is 2.51. The Kier molecular flexibility index (Phi) is 8.47. The molecular formula is C31H25AsF3N4OS. The normalized spacial score (nSPS) is 12.0. The Morgan fingerprint density at radius 3 is 2.41 bits per heavy atom. The van der Waals surface area contributed by atoms with Crippen molar-refractivity contribution >= 4 is 59.0 Å². The maximum atomic E-state index is 13.0. The van der Waals surface area contributed by atoms with E-state index < -0.39 is 33.4 Å². The summed E-state index contributed by atoms with van der Waals surface area (Å²) in [4.78, 5) is 28.3.